The molecule has 0 N–H and O–H groups in total. The largest absolute Gasteiger partial charge is 0.495 e. The van der Waals surface area contributed by atoms with Crippen molar-refractivity contribution in [3.63, 3.8) is 0 Å². The molecule has 0 atom stereocenters. The van der Waals surface area contributed by atoms with Crippen molar-refractivity contribution < 1.29 is 9.53 Å². The molecular weight excluding hydrogens is 450 g/mol. The molecule has 0 amide bonds. The molecule has 3 rings (SSSR count). The molecule has 140 valence electrons. The van der Waals surface area contributed by atoms with Gasteiger partial charge < -0.3 is 4.74 Å². The number of carbonyl (C=O) groups excluding carboxylic acids is 1. The zero-order valence-electron chi connectivity index (χ0n) is 14.8. The third kappa shape index (κ3) is 4.72. The topological polar surface area (TPSA) is 57.0 Å². The van der Waals surface area contributed by atoms with Gasteiger partial charge >= 0.3 is 0 Å². The number of ketones is 1. The lowest BCUT2D eigenvalue weighted by atomic mass is 10.2. The van der Waals surface area contributed by atoms with Crippen molar-refractivity contribution in [1.82, 2.24) is 14.8 Å². The summed E-state index contributed by atoms with van der Waals surface area (Å²) in [5.74, 6) is 2.09. The van der Waals surface area contributed by atoms with Gasteiger partial charge in [-0.2, -0.15) is 0 Å². The van der Waals surface area contributed by atoms with Crippen LogP contribution in [0.3, 0.4) is 0 Å². The van der Waals surface area contributed by atoms with E-state index in [9.17, 15) is 4.79 Å². The van der Waals surface area contributed by atoms with Gasteiger partial charge in [0, 0.05) is 22.2 Å². The summed E-state index contributed by atoms with van der Waals surface area (Å²) in [5, 5.41) is 9.93. The van der Waals surface area contributed by atoms with Crippen molar-refractivity contribution in [3.8, 4) is 22.8 Å². The highest BCUT2D eigenvalue weighted by Crippen LogP contribution is 2.32. The Morgan fingerprint density at radius 1 is 1.22 bits per heavy atom. The fourth-order valence-corrected chi connectivity index (χ4v) is 3.97. The van der Waals surface area contributed by atoms with Crippen LogP contribution in [0.4, 0.5) is 0 Å². The van der Waals surface area contributed by atoms with Crippen LogP contribution >= 0.6 is 39.3 Å². The molecule has 0 spiro atoms. The number of carbonyl (C=O) groups is 1. The summed E-state index contributed by atoms with van der Waals surface area (Å²) in [6.07, 6.45) is 0.481. The second-order valence-electron chi connectivity index (χ2n) is 5.77. The first-order valence-corrected chi connectivity index (χ1v) is 10.3. The van der Waals surface area contributed by atoms with Crippen molar-refractivity contribution in [2.24, 2.45) is 0 Å². The van der Waals surface area contributed by atoms with Crippen LogP contribution in [0.5, 0.6) is 5.75 Å². The average Bonchev–Trinajstić information content (AvgIpc) is 3.06. The fraction of sp³-hybridized carbons (Fsp3) is 0.211. The number of nitrogens with zero attached hydrogens (tertiary/aromatic N) is 3. The van der Waals surface area contributed by atoms with Crippen LogP contribution in [0, 0.1) is 0 Å². The van der Waals surface area contributed by atoms with Gasteiger partial charge in [0.25, 0.3) is 0 Å². The Morgan fingerprint density at radius 3 is 2.59 bits per heavy atom. The Labute approximate surface area is 175 Å². The molecule has 0 saturated heterocycles. The molecule has 1 aromatic heterocycles. The first kappa shape index (κ1) is 19.9. The standard InChI is InChI=1S/C19H17BrClN3O2S/c1-12(25)9-10-27-19-23-22-18(13-3-5-14(20)6-4-13)24(19)15-7-8-17(26-2)16(21)11-15/h3-8,11H,9-10H2,1-2H3. The quantitative estimate of drug-likeness (QED) is 0.435. The monoisotopic (exact) mass is 465 g/mol. The van der Waals surface area contributed by atoms with E-state index < -0.39 is 0 Å². The van der Waals surface area contributed by atoms with E-state index in [1.807, 2.05) is 47.0 Å². The lowest BCUT2D eigenvalue weighted by Gasteiger charge is -2.12. The molecule has 0 saturated carbocycles. The van der Waals surface area contributed by atoms with Crippen molar-refractivity contribution >= 4 is 45.1 Å². The van der Waals surface area contributed by atoms with Crippen molar-refractivity contribution in [2.45, 2.75) is 18.5 Å². The lowest BCUT2D eigenvalue weighted by Crippen LogP contribution is -2.01. The number of aromatic nitrogens is 3. The minimum atomic E-state index is 0.147. The van der Waals surface area contributed by atoms with Crippen LogP contribution in [0.2, 0.25) is 5.02 Å². The first-order chi connectivity index (χ1) is 13.0. The average molecular weight is 467 g/mol. The first-order valence-electron chi connectivity index (χ1n) is 8.17. The Kier molecular flexibility index (Phi) is 6.57. The van der Waals surface area contributed by atoms with E-state index in [0.29, 0.717) is 33.9 Å². The number of thioether (sulfide) groups is 1. The van der Waals surface area contributed by atoms with Crippen LogP contribution < -0.4 is 4.74 Å². The van der Waals surface area contributed by atoms with E-state index >= 15 is 0 Å². The minimum Gasteiger partial charge on any atom is -0.495 e. The summed E-state index contributed by atoms with van der Waals surface area (Å²) < 4.78 is 8.18. The Hall–Kier alpha value is -1.83. The Morgan fingerprint density at radius 2 is 1.96 bits per heavy atom. The zero-order valence-corrected chi connectivity index (χ0v) is 17.9. The fourth-order valence-electron chi connectivity index (χ4n) is 2.46. The van der Waals surface area contributed by atoms with Crippen molar-refractivity contribution in [1.29, 1.82) is 0 Å². The van der Waals surface area contributed by atoms with Gasteiger partial charge in [-0.25, -0.2) is 0 Å². The summed E-state index contributed by atoms with van der Waals surface area (Å²) in [4.78, 5) is 11.3. The highest BCUT2D eigenvalue weighted by atomic mass is 79.9. The van der Waals surface area contributed by atoms with Crippen molar-refractivity contribution in [3.05, 3.63) is 52.0 Å². The maximum absolute atomic E-state index is 11.3. The second-order valence-corrected chi connectivity index (χ2v) is 8.15. The molecule has 0 aliphatic carbocycles. The summed E-state index contributed by atoms with van der Waals surface area (Å²) >= 11 is 11.3. The number of hydrogen-bond acceptors (Lipinski definition) is 5. The summed E-state index contributed by atoms with van der Waals surface area (Å²) in [6.45, 7) is 1.59. The van der Waals surface area contributed by atoms with Gasteiger partial charge in [0.2, 0.25) is 0 Å². The number of methoxy groups -OCH3 is 1. The molecule has 0 unspecified atom stereocenters. The predicted octanol–water partition coefficient (Wildman–Crippen LogP) is 5.43. The van der Waals surface area contributed by atoms with Gasteiger partial charge in [-0.05, 0) is 37.3 Å². The summed E-state index contributed by atoms with van der Waals surface area (Å²) in [7, 11) is 1.58. The van der Waals surface area contributed by atoms with Crippen LogP contribution in [0.25, 0.3) is 17.1 Å². The number of halogens is 2. The molecule has 27 heavy (non-hydrogen) atoms. The molecule has 5 nitrogen and oxygen atoms in total. The Bertz CT molecular complexity index is 960. The molecule has 8 heteroatoms. The molecule has 0 bridgehead atoms. The van der Waals surface area contributed by atoms with E-state index in [0.717, 1.165) is 15.7 Å². The van der Waals surface area contributed by atoms with Gasteiger partial charge in [0.15, 0.2) is 11.0 Å². The van der Waals surface area contributed by atoms with Crippen LogP contribution in [0.15, 0.2) is 52.1 Å². The Balaban J connectivity index is 2.06. The molecule has 1 heterocycles. The van der Waals surface area contributed by atoms with E-state index in [1.165, 1.54) is 11.8 Å². The molecular formula is C19H17BrClN3O2S. The SMILES string of the molecule is COc1ccc(-n2c(SCCC(C)=O)nnc2-c2ccc(Br)cc2)cc1Cl. The maximum atomic E-state index is 11.3. The van der Waals surface area contributed by atoms with Crippen LogP contribution in [-0.4, -0.2) is 33.4 Å². The van der Waals surface area contributed by atoms with E-state index in [1.54, 1.807) is 14.0 Å². The molecule has 0 radical (unpaired) electrons. The zero-order chi connectivity index (χ0) is 19.4. The minimum absolute atomic E-state index is 0.147. The second kappa shape index (κ2) is 8.91. The number of rotatable bonds is 7. The summed E-state index contributed by atoms with van der Waals surface area (Å²) in [6, 6.07) is 13.4. The number of ether oxygens (including phenoxy) is 1. The molecule has 0 fully saturated rings. The van der Waals surface area contributed by atoms with Gasteiger partial charge in [0.1, 0.15) is 11.5 Å². The molecule has 2 aromatic carbocycles. The summed E-state index contributed by atoms with van der Waals surface area (Å²) in [5.41, 5.74) is 1.75. The molecule has 0 aliphatic heterocycles. The highest BCUT2D eigenvalue weighted by molar-refractivity contribution is 9.10. The van der Waals surface area contributed by atoms with Crippen LogP contribution in [-0.2, 0) is 4.79 Å². The van der Waals surface area contributed by atoms with E-state index in [4.69, 9.17) is 16.3 Å². The van der Waals surface area contributed by atoms with Gasteiger partial charge in [-0.1, -0.05) is 51.4 Å². The molecule has 0 aliphatic rings. The van der Waals surface area contributed by atoms with Gasteiger partial charge in [-0.3, -0.25) is 9.36 Å². The smallest absolute Gasteiger partial charge is 0.196 e. The normalized spacial score (nSPS) is 10.8. The number of Topliss-reactive ketones (excluding diaryl/α,β-unsaturated/α-hetero) is 1. The lowest BCUT2D eigenvalue weighted by molar-refractivity contribution is -0.116. The highest BCUT2D eigenvalue weighted by Gasteiger charge is 2.17. The van der Waals surface area contributed by atoms with E-state index in [-0.39, 0.29) is 5.78 Å². The predicted molar refractivity (Wildman–Crippen MR) is 112 cm³/mol. The molecule has 3 aromatic rings. The van der Waals surface area contributed by atoms with Gasteiger partial charge in [-0.15, -0.1) is 10.2 Å². The number of benzene rings is 2. The van der Waals surface area contributed by atoms with Gasteiger partial charge in [0.05, 0.1) is 17.8 Å². The van der Waals surface area contributed by atoms with Crippen molar-refractivity contribution in [2.75, 3.05) is 12.9 Å². The third-order valence-electron chi connectivity index (χ3n) is 3.81. The maximum Gasteiger partial charge on any atom is 0.196 e. The number of hydrogen-bond donors (Lipinski definition) is 0. The van der Waals surface area contributed by atoms with E-state index in [2.05, 4.69) is 26.1 Å². The van der Waals surface area contributed by atoms with Crippen LogP contribution in [0.1, 0.15) is 13.3 Å². The third-order valence-corrected chi connectivity index (χ3v) is 5.57.